The molecule has 0 aromatic carbocycles. The zero-order valence-corrected chi connectivity index (χ0v) is 14.4. The summed E-state index contributed by atoms with van der Waals surface area (Å²) in [6.45, 7) is 4.21. The summed E-state index contributed by atoms with van der Waals surface area (Å²) in [5.74, 6) is 2.70. The first kappa shape index (κ1) is 15.1. The van der Waals surface area contributed by atoms with E-state index in [0.717, 1.165) is 41.7 Å². The SMILES string of the molecule is CCCNc1ncc(Br)c(N2CCCC3CCCCC32)n1. The number of fused-ring (bicyclic) bond motifs is 1. The average Bonchev–Trinajstić information content (AvgIpc) is 2.54. The number of rotatable bonds is 4. The zero-order valence-electron chi connectivity index (χ0n) is 12.8. The Kier molecular flexibility index (Phi) is 4.99. The van der Waals surface area contributed by atoms with Crippen LogP contribution in [0.5, 0.6) is 0 Å². The maximum Gasteiger partial charge on any atom is 0.224 e. The highest BCUT2D eigenvalue weighted by Crippen LogP contribution is 2.39. The molecule has 2 fully saturated rings. The molecule has 21 heavy (non-hydrogen) atoms. The summed E-state index contributed by atoms with van der Waals surface area (Å²) < 4.78 is 1.02. The van der Waals surface area contributed by atoms with Crippen molar-refractivity contribution in [2.75, 3.05) is 23.3 Å². The lowest BCUT2D eigenvalue weighted by atomic mass is 9.78. The molecule has 0 bridgehead atoms. The van der Waals surface area contributed by atoms with E-state index in [0.29, 0.717) is 6.04 Å². The van der Waals surface area contributed by atoms with Crippen molar-refractivity contribution < 1.29 is 0 Å². The third-order valence-corrected chi connectivity index (χ3v) is 5.33. The second kappa shape index (κ2) is 6.95. The van der Waals surface area contributed by atoms with E-state index in [-0.39, 0.29) is 0 Å². The van der Waals surface area contributed by atoms with Crippen molar-refractivity contribution in [2.24, 2.45) is 5.92 Å². The summed E-state index contributed by atoms with van der Waals surface area (Å²) >= 11 is 3.66. The van der Waals surface area contributed by atoms with Crippen molar-refractivity contribution in [1.82, 2.24) is 9.97 Å². The number of piperidine rings is 1. The molecule has 0 spiro atoms. The van der Waals surface area contributed by atoms with Crippen LogP contribution in [0.4, 0.5) is 11.8 Å². The molecule has 4 nitrogen and oxygen atoms in total. The number of halogens is 1. The minimum Gasteiger partial charge on any atom is -0.354 e. The number of aromatic nitrogens is 2. The van der Waals surface area contributed by atoms with Gasteiger partial charge >= 0.3 is 0 Å². The Labute approximate surface area is 135 Å². The Morgan fingerprint density at radius 2 is 2.10 bits per heavy atom. The number of hydrogen-bond donors (Lipinski definition) is 1. The third kappa shape index (κ3) is 3.33. The quantitative estimate of drug-likeness (QED) is 0.880. The summed E-state index contributed by atoms with van der Waals surface area (Å²) in [6, 6.07) is 0.678. The first-order valence-corrected chi connectivity index (χ1v) is 9.12. The van der Waals surface area contributed by atoms with Crippen molar-refractivity contribution in [3.05, 3.63) is 10.7 Å². The van der Waals surface area contributed by atoms with Gasteiger partial charge in [0.2, 0.25) is 5.95 Å². The monoisotopic (exact) mass is 352 g/mol. The minimum absolute atomic E-state index is 0.678. The molecule has 116 valence electrons. The van der Waals surface area contributed by atoms with Crippen molar-refractivity contribution in [1.29, 1.82) is 0 Å². The van der Waals surface area contributed by atoms with E-state index >= 15 is 0 Å². The molecule has 2 atom stereocenters. The maximum atomic E-state index is 4.78. The number of anilines is 2. The van der Waals surface area contributed by atoms with Crippen molar-refractivity contribution in [3.63, 3.8) is 0 Å². The predicted molar refractivity (Wildman–Crippen MR) is 90.8 cm³/mol. The van der Waals surface area contributed by atoms with Gasteiger partial charge in [0.05, 0.1) is 4.47 Å². The lowest BCUT2D eigenvalue weighted by Crippen LogP contribution is -2.47. The molecule has 1 aromatic heterocycles. The van der Waals surface area contributed by atoms with E-state index in [2.05, 4.69) is 38.1 Å². The fourth-order valence-electron chi connectivity index (χ4n) is 3.77. The summed E-state index contributed by atoms with van der Waals surface area (Å²) in [4.78, 5) is 11.7. The number of nitrogens with one attached hydrogen (secondary N) is 1. The first-order valence-electron chi connectivity index (χ1n) is 8.32. The van der Waals surface area contributed by atoms with E-state index in [1.54, 1.807) is 0 Å². The fourth-order valence-corrected chi connectivity index (χ4v) is 4.19. The predicted octanol–water partition coefficient (Wildman–Crippen LogP) is 4.22. The molecular weight excluding hydrogens is 328 g/mol. The van der Waals surface area contributed by atoms with E-state index in [1.807, 2.05) is 6.20 Å². The summed E-state index contributed by atoms with van der Waals surface area (Å²) in [7, 11) is 0. The fraction of sp³-hybridized carbons (Fsp3) is 0.750. The molecule has 1 saturated carbocycles. The normalized spacial score (nSPS) is 25.5. The van der Waals surface area contributed by atoms with E-state index in [4.69, 9.17) is 4.98 Å². The van der Waals surface area contributed by atoms with Gasteiger partial charge in [0.25, 0.3) is 0 Å². The molecule has 0 radical (unpaired) electrons. The highest BCUT2D eigenvalue weighted by atomic mass is 79.9. The smallest absolute Gasteiger partial charge is 0.224 e. The molecule has 5 heteroatoms. The summed E-state index contributed by atoms with van der Waals surface area (Å²) in [5, 5.41) is 3.30. The van der Waals surface area contributed by atoms with Crippen LogP contribution < -0.4 is 10.2 Å². The molecule has 1 aromatic rings. The van der Waals surface area contributed by atoms with Crippen molar-refractivity contribution in [3.8, 4) is 0 Å². The molecule has 1 N–H and O–H groups in total. The van der Waals surface area contributed by atoms with Crippen LogP contribution in [0.25, 0.3) is 0 Å². The second-order valence-corrected chi connectivity index (χ2v) is 7.09. The Bertz CT molecular complexity index is 477. The average molecular weight is 353 g/mol. The van der Waals surface area contributed by atoms with E-state index in [1.165, 1.54) is 38.5 Å². The van der Waals surface area contributed by atoms with Crippen LogP contribution in [0.3, 0.4) is 0 Å². The first-order chi connectivity index (χ1) is 10.3. The van der Waals surface area contributed by atoms with Gasteiger partial charge in [-0.2, -0.15) is 4.98 Å². The highest BCUT2D eigenvalue weighted by Gasteiger charge is 2.34. The van der Waals surface area contributed by atoms with Crippen LogP contribution in [0.2, 0.25) is 0 Å². The molecule has 3 rings (SSSR count). The lowest BCUT2D eigenvalue weighted by molar-refractivity contribution is 0.242. The van der Waals surface area contributed by atoms with Crippen LogP contribution >= 0.6 is 15.9 Å². The van der Waals surface area contributed by atoms with E-state index < -0.39 is 0 Å². The van der Waals surface area contributed by atoms with Crippen LogP contribution in [-0.4, -0.2) is 29.1 Å². The summed E-state index contributed by atoms with van der Waals surface area (Å²) in [5.41, 5.74) is 0. The molecule has 2 unspecified atom stereocenters. The molecule has 1 aliphatic carbocycles. The van der Waals surface area contributed by atoms with Crippen LogP contribution in [0, 0.1) is 5.92 Å². The third-order valence-electron chi connectivity index (χ3n) is 4.77. The highest BCUT2D eigenvalue weighted by molar-refractivity contribution is 9.10. The van der Waals surface area contributed by atoms with Crippen LogP contribution in [0.15, 0.2) is 10.7 Å². The number of hydrogen-bond acceptors (Lipinski definition) is 4. The van der Waals surface area contributed by atoms with Crippen LogP contribution in [0.1, 0.15) is 51.9 Å². The van der Waals surface area contributed by atoms with Gasteiger partial charge in [0.1, 0.15) is 5.82 Å². The van der Waals surface area contributed by atoms with Gasteiger partial charge in [0.15, 0.2) is 0 Å². The van der Waals surface area contributed by atoms with Gasteiger partial charge in [-0.3, -0.25) is 0 Å². The molecular formula is C16H25BrN4. The standard InChI is InChI=1S/C16H25BrN4/c1-2-9-18-16-19-11-13(17)15(20-16)21-10-5-7-12-6-3-4-8-14(12)21/h11-12,14H,2-10H2,1H3,(H,18,19,20). The van der Waals surface area contributed by atoms with E-state index in [9.17, 15) is 0 Å². The van der Waals surface area contributed by atoms with Crippen molar-refractivity contribution >= 4 is 27.7 Å². The Morgan fingerprint density at radius 3 is 2.95 bits per heavy atom. The van der Waals surface area contributed by atoms with Gasteiger partial charge < -0.3 is 10.2 Å². The molecule has 1 aliphatic heterocycles. The largest absolute Gasteiger partial charge is 0.354 e. The minimum atomic E-state index is 0.678. The molecule has 2 aliphatic rings. The van der Waals surface area contributed by atoms with Gasteiger partial charge in [-0.15, -0.1) is 0 Å². The van der Waals surface area contributed by atoms with Gasteiger partial charge in [-0.1, -0.05) is 19.8 Å². The van der Waals surface area contributed by atoms with Crippen molar-refractivity contribution in [2.45, 2.75) is 57.9 Å². The topological polar surface area (TPSA) is 41.1 Å². The lowest BCUT2D eigenvalue weighted by Gasteiger charge is -2.45. The molecule has 0 amide bonds. The zero-order chi connectivity index (χ0) is 14.7. The Hall–Kier alpha value is -0.840. The Morgan fingerprint density at radius 1 is 1.29 bits per heavy atom. The van der Waals surface area contributed by atoms with Crippen LogP contribution in [-0.2, 0) is 0 Å². The summed E-state index contributed by atoms with van der Waals surface area (Å²) in [6.07, 6.45) is 11.1. The van der Waals surface area contributed by atoms with Gasteiger partial charge in [-0.25, -0.2) is 4.98 Å². The molecule has 2 heterocycles. The second-order valence-electron chi connectivity index (χ2n) is 6.24. The Balaban J connectivity index is 1.83. The maximum absolute atomic E-state index is 4.78. The van der Waals surface area contributed by atoms with Gasteiger partial charge in [0, 0.05) is 25.3 Å². The molecule has 1 saturated heterocycles. The number of nitrogens with zero attached hydrogens (tertiary/aromatic N) is 3. The van der Waals surface area contributed by atoms with Gasteiger partial charge in [-0.05, 0) is 54.0 Å².